The molecule has 1 aromatic heterocycles. The minimum absolute atomic E-state index is 0.121. The molecule has 0 saturated heterocycles. The molecule has 2 heteroatoms. The zero-order valence-corrected chi connectivity index (χ0v) is 29.6. The first-order valence-electron chi connectivity index (χ1n) is 18.4. The van der Waals surface area contributed by atoms with Crippen LogP contribution in [0.25, 0.3) is 76.5 Å². The molecular formula is C51H35NO. The van der Waals surface area contributed by atoms with Gasteiger partial charge in [-0.05, 0) is 115 Å². The third kappa shape index (κ3) is 4.45. The van der Waals surface area contributed by atoms with Crippen molar-refractivity contribution in [2.24, 2.45) is 0 Å². The van der Waals surface area contributed by atoms with Gasteiger partial charge in [0.25, 0.3) is 0 Å². The fraction of sp³-hybridized carbons (Fsp3) is 0.0588. The van der Waals surface area contributed by atoms with E-state index in [4.69, 9.17) is 4.42 Å². The number of nitrogens with zero attached hydrogens (tertiary/aromatic N) is 1. The molecule has 1 heterocycles. The molecule has 10 aromatic rings. The van der Waals surface area contributed by atoms with Crippen molar-refractivity contribution in [3.05, 3.63) is 187 Å². The van der Waals surface area contributed by atoms with Crippen LogP contribution in [-0.4, -0.2) is 0 Å². The second kappa shape index (κ2) is 11.2. The summed E-state index contributed by atoms with van der Waals surface area (Å²) in [4.78, 5) is 2.47. The van der Waals surface area contributed by atoms with Gasteiger partial charge in [0.05, 0.1) is 5.69 Å². The quantitative estimate of drug-likeness (QED) is 0.184. The Morgan fingerprint density at radius 2 is 1.00 bits per heavy atom. The second-order valence-corrected chi connectivity index (χ2v) is 14.9. The van der Waals surface area contributed by atoms with E-state index in [1.54, 1.807) is 0 Å². The monoisotopic (exact) mass is 677 g/mol. The molecule has 11 rings (SSSR count). The van der Waals surface area contributed by atoms with Crippen molar-refractivity contribution in [1.29, 1.82) is 0 Å². The van der Waals surface area contributed by atoms with Crippen molar-refractivity contribution in [1.82, 2.24) is 0 Å². The summed E-state index contributed by atoms with van der Waals surface area (Å²) in [5.74, 6) is 0. The fourth-order valence-electron chi connectivity index (χ4n) is 9.02. The topological polar surface area (TPSA) is 16.4 Å². The van der Waals surface area contributed by atoms with Crippen molar-refractivity contribution >= 4 is 71.3 Å². The van der Waals surface area contributed by atoms with Crippen LogP contribution in [0.4, 0.5) is 17.1 Å². The van der Waals surface area contributed by atoms with Gasteiger partial charge in [-0.25, -0.2) is 0 Å². The van der Waals surface area contributed by atoms with E-state index in [1.807, 2.05) is 6.07 Å². The van der Waals surface area contributed by atoms with Gasteiger partial charge in [-0.3, -0.25) is 0 Å². The van der Waals surface area contributed by atoms with Crippen LogP contribution in [0.3, 0.4) is 0 Å². The van der Waals surface area contributed by atoms with E-state index >= 15 is 0 Å². The Balaban J connectivity index is 1.23. The Morgan fingerprint density at radius 3 is 1.83 bits per heavy atom. The third-order valence-electron chi connectivity index (χ3n) is 11.6. The van der Waals surface area contributed by atoms with E-state index in [0.717, 1.165) is 39.0 Å². The predicted octanol–water partition coefficient (Wildman–Crippen LogP) is 14.5. The molecule has 53 heavy (non-hydrogen) atoms. The van der Waals surface area contributed by atoms with Gasteiger partial charge in [-0.15, -0.1) is 0 Å². The van der Waals surface area contributed by atoms with E-state index < -0.39 is 0 Å². The molecule has 0 radical (unpaired) electrons. The SMILES string of the molecule is CC1(C)c2ccc(N(c3ccc4oc5ccccc5c4c3)c3ccc4ccccc4c3-c3cccc4ccccc34)cc2-c2cc3ccccc3cc21. The molecule has 0 N–H and O–H groups in total. The Labute approximate surface area is 308 Å². The second-order valence-electron chi connectivity index (χ2n) is 14.9. The highest BCUT2D eigenvalue weighted by atomic mass is 16.3. The van der Waals surface area contributed by atoms with Crippen molar-refractivity contribution in [3.8, 4) is 22.3 Å². The lowest BCUT2D eigenvalue weighted by Gasteiger charge is -2.30. The number of anilines is 3. The Morgan fingerprint density at radius 1 is 0.396 bits per heavy atom. The van der Waals surface area contributed by atoms with E-state index in [1.165, 1.54) is 65.7 Å². The first kappa shape index (κ1) is 30.0. The van der Waals surface area contributed by atoms with Crippen LogP contribution in [0.2, 0.25) is 0 Å². The summed E-state index contributed by atoms with van der Waals surface area (Å²) in [6, 6.07) is 64.4. The molecule has 2 nitrogen and oxygen atoms in total. The number of furan rings is 1. The van der Waals surface area contributed by atoms with Gasteiger partial charge in [-0.2, -0.15) is 0 Å². The van der Waals surface area contributed by atoms with Crippen LogP contribution < -0.4 is 4.90 Å². The molecule has 0 saturated carbocycles. The van der Waals surface area contributed by atoms with Gasteiger partial charge in [0.2, 0.25) is 0 Å². The number of fused-ring (bicyclic) bond motifs is 9. The maximum absolute atomic E-state index is 6.34. The Bertz CT molecular complexity index is 3100. The molecule has 0 spiro atoms. The van der Waals surface area contributed by atoms with E-state index in [9.17, 15) is 0 Å². The lowest BCUT2D eigenvalue weighted by atomic mass is 9.82. The van der Waals surface area contributed by atoms with Crippen LogP contribution in [-0.2, 0) is 5.41 Å². The molecule has 0 atom stereocenters. The van der Waals surface area contributed by atoms with Crippen LogP contribution in [0.1, 0.15) is 25.0 Å². The predicted molar refractivity (Wildman–Crippen MR) is 224 cm³/mol. The highest BCUT2D eigenvalue weighted by Crippen LogP contribution is 2.53. The molecule has 0 unspecified atom stereocenters. The smallest absolute Gasteiger partial charge is 0.135 e. The standard InChI is InChI=1S/C51H35NO/c1-51(2)45-25-23-36(30-43(45)42-28-34-14-3-4-15-35(34)29-46(42)51)52(37-24-27-49-44(31-37)40-19-9-10-21-48(40)53-49)47-26-22-33-13-6-8-18-39(33)50(47)41-20-11-16-32-12-5-7-17-38(32)41/h3-31H,1-2H3. The zero-order chi connectivity index (χ0) is 35.3. The van der Waals surface area contributed by atoms with Crippen molar-refractivity contribution in [2.45, 2.75) is 19.3 Å². The van der Waals surface area contributed by atoms with Gasteiger partial charge in [0.15, 0.2) is 0 Å². The van der Waals surface area contributed by atoms with Crippen LogP contribution in [0, 0.1) is 0 Å². The van der Waals surface area contributed by atoms with E-state index in [-0.39, 0.29) is 5.41 Å². The molecule has 9 aromatic carbocycles. The van der Waals surface area contributed by atoms with Crippen LogP contribution in [0.5, 0.6) is 0 Å². The first-order chi connectivity index (χ1) is 26.0. The van der Waals surface area contributed by atoms with Gasteiger partial charge >= 0.3 is 0 Å². The summed E-state index contributed by atoms with van der Waals surface area (Å²) in [7, 11) is 0. The van der Waals surface area contributed by atoms with Gasteiger partial charge in [0, 0.05) is 33.1 Å². The molecule has 0 aliphatic heterocycles. The van der Waals surface area contributed by atoms with Gasteiger partial charge in [0.1, 0.15) is 11.2 Å². The maximum atomic E-state index is 6.34. The Kier molecular flexibility index (Phi) is 6.33. The highest BCUT2D eigenvalue weighted by molar-refractivity contribution is 6.12. The number of hydrogen-bond acceptors (Lipinski definition) is 2. The van der Waals surface area contributed by atoms with E-state index in [2.05, 4.69) is 189 Å². The van der Waals surface area contributed by atoms with Crippen LogP contribution >= 0.6 is 0 Å². The van der Waals surface area contributed by atoms with Gasteiger partial charge in [-0.1, -0.05) is 135 Å². The summed E-state index contributed by atoms with van der Waals surface area (Å²) < 4.78 is 6.34. The van der Waals surface area contributed by atoms with Crippen molar-refractivity contribution in [2.75, 3.05) is 4.90 Å². The molecule has 250 valence electrons. The largest absolute Gasteiger partial charge is 0.456 e. The number of benzene rings is 9. The number of para-hydroxylation sites is 1. The van der Waals surface area contributed by atoms with E-state index in [0.29, 0.717) is 0 Å². The first-order valence-corrected chi connectivity index (χ1v) is 18.4. The van der Waals surface area contributed by atoms with Crippen molar-refractivity contribution in [3.63, 3.8) is 0 Å². The summed E-state index contributed by atoms with van der Waals surface area (Å²) in [5, 5.41) is 9.67. The molecule has 0 fully saturated rings. The van der Waals surface area contributed by atoms with Gasteiger partial charge < -0.3 is 9.32 Å². The summed E-state index contributed by atoms with van der Waals surface area (Å²) >= 11 is 0. The molecule has 1 aliphatic rings. The van der Waals surface area contributed by atoms with Crippen molar-refractivity contribution < 1.29 is 4.42 Å². The summed E-state index contributed by atoms with van der Waals surface area (Å²) in [6.07, 6.45) is 0. The van der Waals surface area contributed by atoms with Crippen LogP contribution in [0.15, 0.2) is 180 Å². The average Bonchev–Trinajstić information content (AvgIpc) is 3.68. The lowest BCUT2D eigenvalue weighted by Crippen LogP contribution is -2.15. The minimum Gasteiger partial charge on any atom is -0.456 e. The summed E-state index contributed by atoms with van der Waals surface area (Å²) in [6.45, 7) is 4.73. The maximum Gasteiger partial charge on any atom is 0.135 e. The molecule has 0 bridgehead atoms. The normalized spacial score (nSPS) is 13.2. The Hall–Kier alpha value is -6.64. The zero-order valence-electron chi connectivity index (χ0n) is 29.6. The molecule has 1 aliphatic carbocycles. The third-order valence-corrected chi connectivity index (χ3v) is 11.6. The highest BCUT2D eigenvalue weighted by Gasteiger charge is 2.36. The molecule has 0 amide bonds. The number of rotatable bonds is 4. The fourth-order valence-corrected chi connectivity index (χ4v) is 9.02. The lowest BCUT2D eigenvalue weighted by molar-refractivity contribution is 0.661. The number of hydrogen-bond donors (Lipinski definition) is 0. The minimum atomic E-state index is -0.121. The summed E-state index contributed by atoms with van der Waals surface area (Å²) in [5.41, 5.74) is 12.8. The average molecular weight is 678 g/mol. The molecular weight excluding hydrogens is 643 g/mol.